The zero-order valence-corrected chi connectivity index (χ0v) is 21.6. The van der Waals surface area contributed by atoms with Crippen LogP contribution in [0.15, 0.2) is 58.9 Å². The fourth-order valence-corrected chi connectivity index (χ4v) is 4.85. The summed E-state index contributed by atoms with van der Waals surface area (Å²) in [5.74, 6) is -0.996. The van der Waals surface area contributed by atoms with Gasteiger partial charge in [-0.25, -0.2) is 18.5 Å². The zero-order valence-electron chi connectivity index (χ0n) is 21.6. The number of esters is 2. The molecule has 8 nitrogen and oxygen atoms in total. The molecule has 1 aromatic carbocycles. The highest BCUT2D eigenvalue weighted by atomic mass is 19.1. The van der Waals surface area contributed by atoms with Crippen molar-refractivity contribution in [1.82, 2.24) is 9.61 Å². The molecular weight excluding hydrogens is 477 g/mol. The number of carbonyl (C=O) groups is 3. The largest absolute Gasteiger partial charge is 0.466 e. The Bertz CT molecular complexity index is 1440. The number of hydrogen-bond donors (Lipinski definition) is 0. The van der Waals surface area contributed by atoms with Gasteiger partial charge in [0.15, 0.2) is 6.29 Å². The minimum Gasteiger partial charge on any atom is -0.466 e. The van der Waals surface area contributed by atoms with E-state index in [1.807, 2.05) is 26.0 Å². The Balaban J connectivity index is 2.07. The SMILES string of the molecule is COC(=O)C1=C(C)N(c2ccc3c(C(C)C)c(C=O)c(-c4ccc(F)cc4)nn23)C(C)=C(C(=O)OC)C1. The fourth-order valence-electron chi connectivity index (χ4n) is 4.85. The first-order chi connectivity index (χ1) is 17.6. The molecule has 4 rings (SSSR count). The molecule has 37 heavy (non-hydrogen) atoms. The normalized spacial score (nSPS) is 14.0. The summed E-state index contributed by atoms with van der Waals surface area (Å²) < 4.78 is 25.3. The molecule has 1 aliphatic rings. The van der Waals surface area contributed by atoms with Crippen molar-refractivity contribution in [3.63, 3.8) is 0 Å². The topological polar surface area (TPSA) is 90.2 Å². The zero-order chi connectivity index (χ0) is 27.0. The molecule has 3 heterocycles. The molecule has 1 aliphatic heterocycles. The maximum Gasteiger partial charge on any atom is 0.335 e. The van der Waals surface area contributed by atoms with Crippen molar-refractivity contribution in [3.05, 3.63) is 75.9 Å². The average Bonchev–Trinajstić information content (AvgIpc) is 3.30. The predicted molar refractivity (Wildman–Crippen MR) is 137 cm³/mol. The molecule has 0 atom stereocenters. The maximum atomic E-state index is 13.7. The first-order valence-corrected chi connectivity index (χ1v) is 11.8. The number of allylic oxidation sites excluding steroid dienone is 2. The number of fused-ring (bicyclic) bond motifs is 1. The van der Waals surface area contributed by atoms with Gasteiger partial charge in [-0.05, 0) is 61.7 Å². The van der Waals surface area contributed by atoms with Gasteiger partial charge in [-0.1, -0.05) is 13.8 Å². The van der Waals surface area contributed by atoms with E-state index in [1.54, 1.807) is 35.4 Å². The van der Waals surface area contributed by atoms with Crippen LogP contribution < -0.4 is 4.90 Å². The average molecular weight is 506 g/mol. The highest BCUT2D eigenvalue weighted by molar-refractivity contribution is 5.98. The van der Waals surface area contributed by atoms with Crippen molar-refractivity contribution in [2.75, 3.05) is 19.1 Å². The highest BCUT2D eigenvalue weighted by Crippen LogP contribution is 2.39. The maximum absolute atomic E-state index is 13.7. The standard InChI is InChI=1S/C28H28FN3O5/c1-15(2)25-22(14-33)26(18-7-9-19(29)10-8-18)30-32-23(25)11-12-24(32)31-16(3)20(27(34)36-5)13-21(17(31)4)28(35)37-6/h7-12,14-15H,13H2,1-6H3. The second-order valence-electron chi connectivity index (χ2n) is 9.07. The molecule has 0 unspecified atom stereocenters. The molecule has 0 spiro atoms. The summed E-state index contributed by atoms with van der Waals surface area (Å²) in [6.07, 6.45) is 0.841. The van der Waals surface area contributed by atoms with E-state index in [0.29, 0.717) is 50.7 Å². The molecule has 0 N–H and O–H groups in total. The first-order valence-electron chi connectivity index (χ1n) is 11.8. The number of benzene rings is 1. The minimum absolute atomic E-state index is 0.0430. The number of aromatic nitrogens is 2. The highest BCUT2D eigenvalue weighted by Gasteiger charge is 2.33. The molecule has 192 valence electrons. The van der Waals surface area contributed by atoms with Gasteiger partial charge in [0.2, 0.25) is 0 Å². The van der Waals surface area contributed by atoms with Crippen LogP contribution in [0.5, 0.6) is 0 Å². The van der Waals surface area contributed by atoms with Gasteiger partial charge < -0.3 is 14.4 Å². The summed E-state index contributed by atoms with van der Waals surface area (Å²) in [6.45, 7) is 7.50. The van der Waals surface area contributed by atoms with E-state index >= 15 is 0 Å². The lowest BCUT2D eigenvalue weighted by molar-refractivity contribution is -0.136. The van der Waals surface area contributed by atoms with Gasteiger partial charge in [-0.2, -0.15) is 5.10 Å². The van der Waals surface area contributed by atoms with E-state index in [1.165, 1.54) is 26.4 Å². The number of methoxy groups -OCH3 is 2. The van der Waals surface area contributed by atoms with Crippen LogP contribution in [0.2, 0.25) is 0 Å². The van der Waals surface area contributed by atoms with Gasteiger partial charge in [0.1, 0.15) is 17.3 Å². The summed E-state index contributed by atoms with van der Waals surface area (Å²) in [5.41, 5.74) is 4.65. The van der Waals surface area contributed by atoms with Crippen LogP contribution in [0, 0.1) is 5.82 Å². The monoisotopic (exact) mass is 505 g/mol. The van der Waals surface area contributed by atoms with E-state index in [9.17, 15) is 18.8 Å². The molecule has 2 aromatic heterocycles. The quantitative estimate of drug-likeness (QED) is 0.337. The van der Waals surface area contributed by atoms with Crippen molar-refractivity contribution in [1.29, 1.82) is 0 Å². The number of ether oxygens (including phenoxy) is 2. The second-order valence-corrected chi connectivity index (χ2v) is 9.07. The molecule has 0 bridgehead atoms. The third-order valence-corrected chi connectivity index (χ3v) is 6.66. The third kappa shape index (κ3) is 4.30. The Morgan fingerprint density at radius 2 is 1.54 bits per heavy atom. The number of rotatable bonds is 6. The van der Waals surface area contributed by atoms with Crippen LogP contribution in [0.3, 0.4) is 0 Å². The lowest BCUT2D eigenvalue weighted by Crippen LogP contribution is -2.31. The molecule has 0 aliphatic carbocycles. The number of carbonyl (C=O) groups excluding carboxylic acids is 3. The van der Waals surface area contributed by atoms with E-state index < -0.39 is 17.8 Å². The molecule has 0 saturated carbocycles. The lowest BCUT2D eigenvalue weighted by Gasteiger charge is -2.33. The van der Waals surface area contributed by atoms with Crippen LogP contribution in [0.1, 0.15) is 56.0 Å². The molecule has 0 radical (unpaired) electrons. The van der Waals surface area contributed by atoms with Gasteiger partial charge in [0.25, 0.3) is 0 Å². The van der Waals surface area contributed by atoms with E-state index in [4.69, 9.17) is 14.6 Å². The Hall–Kier alpha value is -4.27. The minimum atomic E-state index is -0.552. The first kappa shape index (κ1) is 25.8. The number of hydrogen-bond acceptors (Lipinski definition) is 7. The summed E-state index contributed by atoms with van der Waals surface area (Å²) >= 11 is 0. The van der Waals surface area contributed by atoms with Gasteiger partial charge in [0, 0.05) is 28.9 Å². The molecule has 0 fully saturated rings. The van der Waals surface area contributed by atoms with Gasteiger partial charge in [0.05, 0.1) is 30.9 Å². The molecular formula is C28H28FN3O5. The number of nitrogens with zero attached hydrogens (tertiary/aromatic N) is 3. The Morgan fingerprint density at radius 1 is 0.973 bits per heavy atom. The second kappa shape index (κ2) is 10.0. The van der Waals surface area contributed by atoms with Crippen molar-refractivity contribution in [3.8, 4) is 11.3 Å². The number of halogens is 1. The lowest BCUT2D eigenvalue weighted by atomic mass is 9.94. The van der Waals surface area contributed by atoms with Crippen LogP contribution in [-0.2, 0) is 19.1 Å². The molecule has 9 heteroatoms. The predicted octanol–water partition coefficient (Wildman–Crippen LogP) is 5.18. The molecule has 0 saturated heterocycles. The number of anilines is 1. The van der Waals surface area contributed by atoms with Crippen molar-refractivity contribution < 1.29 is 28.2 Å². The van der Waals surface area contributed by atoms with Crippen LogP contribution in [0.25, 0.3) is 16.8 Å². The van der Waals surface area contributed by atoms with E-state index in [-0.39, 0.29) is 12.3 Å². The Morgan fingerprint density at radius 3 is 2.03 bits per heavy atom. The summed E-state index contributed by atoms with van der Waals surface area (Å²) in [5, 5.41) is 4.82. The van der Waals surface area contributed by atoms with E-state index in [0.717, 1.165) is 11.8 Å². The van der Waals surface area contributed by atoms with Gasteiger partial charge in [-0.3, -0.25) is 4.79 Å². The van der Waals surface area contributed by atoms with E-state index in [2.05, 4.69) is 0 Å². The Labute approximate surface area is 214 Å². The molecule has 3 aromatic rings. The van der Waals surface area contributed by atoms with Crippen LogP contribution in [0.4, 0.5) is 10.2 Å². The molecule has 0 amide bonds. The summed E-state index contributed by atoms with van der Waals surface area (Å²) in [4.78, 5) is 39.3. The van der Waals surface area contributed by atoms with Gasteiger partial charge >= 0.3 is 11.9 Å². The Kier molecular flexibility index (Phi) is 6.98. The van der Waals surface area contributed by atoms with Gasteiger partial charge in [-0.15, -0.1) is 0 Å². The van der Waals surface area contributed by atoms with Crippen LogP contribution >= 0.6 is 0 Å². The number of aldehydes is 1. The van der Waals surface area contributed by atoms with Crippen LogP contribution in [-0.4, -0.2) is 42.1 Å². The summed E-state index contributed by atoms with van der Waals surface area (Å²) in [6, 6.07) is 9.45. The van der Waals surface area contributed by atoms with Crippen molar-refractivity contribution in [2.24, 2.45) is 0 Å². The third-order valence-electron chi connectivity index (χ3n) is 6.66. The fraction of sp³-hybridized carbons (Fsp3) is 0.286. The summed E-state index contributed by atoms with van der Waals surface area (Å²) in [7, 11) is 2.57. The smallest absolute Gasteiger partial charge is 0.335 e. The van der Waals surface area contributed by atoms with Crippen molar-refractivity contribution >= 4 is 29.6 Å². The van der Waals surface area contributed by atoms with Crippen molar-refractivity contribution in [2.45, 2.75) is 40.0 Å².